The van der Waals surface area contributed by atoms with Crippen molar-refractivity contribution in [2.45, 2.75) is 19.5 Å². The van der Waals surface area contributed by atoms with Crippen LogP contribution in [0.4, 0.5) is 5.69 Å². The second-order valence-electron chi connectivity index (χ2n) is 5.52. The molecule has 0 spiro atoms. The van der Waals surface area contributed by atoms with Gasteiger partial charge in [0.15, 0.2) is 0 Å². The Morgan fingerprint density at radius 2 is 1.96 bits per heavy atom. The largest absolute Gasteiger partial charge is 0.495 e. The number of nitrogens with zero attached hydrogens (tertiary/aromatic N) is 1. The lowest BCUT2D eigenvalue weighted by atomic mass is 10.2. The Bertz CT molecular complexity index is 722. The molecule has 0 heterocycles. The summed E-state index contributed by atoms with van der Waals surface area (Å²) in [5, 5.41) is 4.07. The van der Waals surface area contributed by atoms with Crippen LogP contribution in [0.2, 0.25) is 10.0 Å². The van der Waals surface area contributed by atoms with Gasteiger partial charge in [-0.05, 0) is 43.8 Å². The number of para-hydroxylation sites is 2. The lowest BCUT2D eigenvalue weighted by Crippen LogP contribution is -2.39. The van der Waals surface area contributed by atoms with E-state index in [1.54, 1.807) is 31.4 Å². The first-order valence-corrected chi connectivity index (χ1v) is 8.26. The number of likely N-dealkylation sites (N-methyl/N-ethyl adjacent to an activating group) is 1. The Hall–Kier alpha value is -1.75. The summed E-state index contributed by atoms with van der Waals surface area (Å²) in [4.78, 5) is 14.4. The molecule has 1 amide bonds. The van der Waals surface area contributed by atoms with Gasteiger partial charge in [-0.2, -0.15) is 0 Å². The topological polar surface area (TPSA) is 41.6 Å². The van der Waals surface area contributed by atoms with Crippen LogP contribution in [-0.4, -0.2) is 31.0 Å². The van der Waals surface area contributed by atoms with Crippen molar-refractivity contribution in [2.75, 3.05) is 19.5 Å². The number of amides is 1. The fraction of sp³-hybridized carbons (Fsp3) is 0.278. The molecule has 1 atom stereocenters. The molecule has 0 bridgehead atoms. The van der Waals surface area contributed by atoms with Crippen LogP contribution >= 0.6 is 23.2 Å². The average Bonchev–Trinajstić information content (AvgIpc) is 2.57. The minimum atomic E-state index is -0.346. The van der Waals surface area contributed by atoms with Gasteiger partial charge in [-0.25, -0.2) is 0 Å². The van der Waals surface area contributed by atoms with Crippen molar-refractivity contribution in [1.29, 1.82) is 0 Å². The highest BCUT2D eigenvalue weighted by Gasteiger charge is 2.20. The summed E-state index contributed by atoms with van der Waals surface area (Å²) >= 11 is 12.1. The maximum absolute atomic E-state index is 12.5. The van der Waals surface area contributed by atoms with Gasteiger partial charge in [-0.3, -0.25) is 9.69 Å². The van der Waals surface area contributed by atoms with Crippen molar-refractivity contribution in [3.63, 3.8) is 0 Å². The number of rotatable bonds is 6. The quantitative estimate of drug-likeness (QED) is 0.820. The second-order valence-corrected chi connectivity index (χ2v) is 6.36. The molecule has 6 heteroatoms. The van der Waals surface area contributed by atoms with E-state index in [9.17, 15) is 4.79 Å². The predicted octanol–water partition coefficient (Wildman–Crippen LogP) is 4.46. The molecule has 0 unspecified atom stereocenters. The maximum atomic E-state index is 12.5. The molecule has 1 N–H and O–H groups in total. The monoisotopic (exact) mass is 366 g/mol. The number of benzene rings is 2. The highest BCUT2D eigenvalue weighted by Crippen LogP contribution is 2.25. The van der Waals surface area contributed by atoms with E-state index < -0.39 is 0 Å². The van der Waals surface area contributed by atoms with E-state index in [4.69, 9.17) is 27.9 Å². The average molecular weight is 367 g/mol. The van der Waals surface area contributed by atoms with Crippen LogP contribution < -0.4 is 10.1 Å². The molecule has 0 aliphatic rings. The van der Waals surface area contributed by atoms with Gasteiger partial charge in [0.2, 0.25) is 5.91 Å². The van der Waals surface area contributed by atoms with Crippen molar-refractivity contribution >= 4 is 34.8 Å². The summed E-state index contributed by atoms with van der Waals surface area (Å²) in [6.07, 6.45) is 0. The molecule has 128 valence electrons. The van der Waals surface area contributed by atoms with Gasteiger partial charge >= 0.3 is 0 Å². The predicted molar refractivity (Wildman–Crippen MR) is 99.0 cm³/mol. The second kappa shape index (κ2) is 8.38. The highest BCUT2D eigenvalue weighted by atomic mass is 35.5. The number of carbonyl (C=O) groups excluding carboxylic acids is 1. The minimum absolute atomic E-state index is 0.118. The van der Waals surface area contributed by atoms with Crippen LogP contribution in [0.1, 0.15) is 12.5 Å². The van der Waals surface area contributed by atoms with Crippen molar-refractivity contribution in [3.05, 3.63) is 58.1 Å². The summed E-state index contributed by atoms with van der Waals surface area (Å²) in [6, 6.07) is 12.3. The Morgan fingerprint density at radius 3 is 2.62 bits per heavy atom. The van der Waals surface area contributed by atoms with Gasteiger partial charge in [0.25, 0.3) is 0 Å². The van der Waals surface area contributed by atoms with Gasteiger partial charge in [0.05, 0.1) is 18.8 Å². The zero-order valence-corrected chi connectivity index (χ0v) is 15.4. The van der Waals surface area contributed by atoms with Crippen molar-refractivity contribution in [1.82, 2.24) is 4.90 Å². The number of hydrogen-bond acceptors (Lipinski definition) is 3. The summed E-state index contributed by atoms with van der Waals surface area (Å²) in [5.74, 6) is 0.508. The number of nitrogens with one attached hydrogen (secondary N) is 1. The number of carbonyl (C=O) groups is 1. The van der Waals surface area contributed by atoms with E-state index in [0.29, 0.717) is 28.0 Å². The Kier molecular flexibility index (Phi) is 6.49. The Morgan fingerprint density at radius 1 is 1.25 bits per heavy atom. The van der Waals surface area contributed by atoms with E-state index in [2.05, 4.69) is 5.32 Å². The lowest BCUT2D eigenvalue weighted by Gasteiger charge is -2.24. The summed E-state index contributed by atoms with van der Waals surface area (Å²) in [7, 11) is 3.44. The number of hydrogen-bond donors (Lipinski definition) is 1. The van der Waals surface area contributed by atoms with Gasteiger partial charge in [-0.1, -0.05) is 41.4 Å². The third-order valence-electron chi connectivity index (χ3n) is 3.84. The van der Waals surface area contributed by atoms with Crippen LogP contribution in [-0.2, 0) is 11.3 Å². The summed E-state index contributed by atoms with van der Waals surface area (Å²) in [6.45, 7) is 2.38. The van der Waals surface area contributed by atoms with E-state index in [0.717, 1.165) is 5.56 Å². The Labute approximate surface area is 152 Å². The molecule has 0 aromatic heterocycles. The van der Waals surface area contributed by atoms with E-state index in [1.807, 2.05) is 37.1 Å². The van der Waals surface area contributed by atoms with Crippen LogP contribution in [0.15, 0.2) is 42.5 Å². The molecular weight excluding hydrogens is 347 g/mol. The number of ether oxygens (including phenoxy) is 1. The van der Waals surface area contributed by atoms with E-state index >= 15 is 0 Å². The maximum Gasteiger partial charge on any atom is 0.241 e. The SMILES string of the molecule is COc1ccccc1NC(=O)[C@@H](C)N(C)Cc1ccc(Cl)cc1Cl. The summed E-state index contributed by atoms with van der Waals surface area (Å²) < 4.78 is 5.25. The third kappa shape index (κ3) is 4.63. The number of anilines is 1. The van der Waals surface area contributed by atoms with Gasteiger partial charge < -0.3 is 10.1 Å². The standard InChI is InChI=1S/C18H20Cl2N2O2/c1-12(18(23)21-16-6-4-5-7-17(16)24-3)22(2)11-13-8-9-14(19)10-15(13)20/h4-10,12H,11H2,1-3H3,(H,21,23)/t12-/m1/s1. The molecular formula is C18H20Cl2N2O2. The van der Waals surface area contributed by atoms with Crippen molar-refractivity contribution in [2.24, 2.45) is 0 Å². The minimum Gasteiger partial charge on any atom is -0.495 e. The van der Waals surface area contributed by atoms with Crippen molar-refractivity contribution < 1.29 is 9.53 Å². The first-order chi connectivity index (χ1) is 11.4. The van der Waals surface area contributed by atoms with Crippen molar-refractivity contribution in [3.8, 4) is 5.75 Å². The highest BCUT2D eigenvalue weighted by molar-refractivity contribution is 6.35. The fourth-order valence-corrected chi connectivity index (χ4v) is 2.71. The molecule has 2 aromatic rings. The summed E-state index contributed by atoms with van der Waals surface area (Å²) in [5.41, 5.74) is 1.57. The molecule has 0 aliphatic heterocycles. The molecule has 2 rings (SSSR count). The number of methoxy groups -OCH3 is 1. The first kappa shape index (κ1) is 18.6. The molecule has 0 saturated carbocycles. The zero-order valence-electron chi connectivity index (χ0n) is 13.8. The lowest BCUT2D eigenvalue weighted by molar-refractivity contribution is -0.120. The first-order valence-electron chi connectivity index (χ1n) is 7.50. The molecule has 2 aromatic carbocycles. The molecule has 24 heavy (non-hydrogen) atoms. The Balaban J connectivity index is 2.04. The third-order valence-corrected chi connectivity index (χ3v) is 4.43. The molecule has 0 radical (unpaired) electrons. The molecule has 0 saturated heterocycles. The van der Waals surface area contributed by atoms with Gasteiger partial charge in [-0.15, -0.1) is 0 Å². The normalized spacial score (nSPS) is 12.1. The van der Waals surface area contributed by atoms with E-state index in [-0.39, 0.29) is 11.9 Å². The molecule has 0 aliphatic carbocycles. The van der Waals surface area contributed by atoms with Crippen LogP contribution in [0.3, 0.4) is 0 Å². The molecule has 0 fully saturated rings. The van der Waals surface area contributed by atoms with Gasteiger partial charge in [0, 0.05) is 16.6 Å². The number of halogens is 2. The van der Waals surface area contributed by atoms with Crippen LogP contribution in [0, 0.1) is 0 Å². The molecule has 4 nitrogen and oxygen atoms in total. The fourth-order valence-electron chi connectivity index (χ4n) is 2.24. The van der Waals surface area contributed by atoms with Gasteiger partial charge in [0.1, 0.15) is 5.75 Å². The smallest absolute Gasteiger partial charge is 0.241 e. The van der Waals surface area contributed by atoms with Crippen LogP contribution in [0.25, 0.3) is 0 Å². The van der Waals surface area contributed by atoms with E-state index in [1.165, 1.54) is 0 Å². The zero-order chi connectivity index (χ0) is 17.7. The van der Waals surface area contributed by atoms with Crippen LogP contribution in [0.5, 0.6) is 5.75 Å².